The summed E-state index contributed by atoms with van der Waals surface area (Å²) in [5.41, 5.74) is 2.42. The molecule has 0 fully saturated rings. The molecule has 0 saturated heterocycles. The molecule has 1 aliphatic rings. The van der Waals surface area contributed by atoms with Crippen molar-refractivity contribution in [2.75, 3.05) is 14.2 Å². The Morgan fingerprint density at radius 2 is 2.00 bits per heavy atom. The van der Waals surface area contributed by atoms with Crippen LogP contribution in [0.4, 0.5) is 0 Å². The standard InChI is InChI=1S/C12H13O2/c1-13-10-6-7-11-9(8-10)4-3-5-12(11)14-2/h3-7H,8H2,1-2H3. The fourth-order valence-electron chi connectivity index (χ4n) is 1.67. The molecule has 0 unspecified atom stereocenters. The van der Waals surface area contributed by atoms with Crippen molar-refractivity contribution in [3.05, 3.63) is 47.6 Å². The van der Waals surface area contributed by atoms with Crippen LogP contribution in [-0.4, -0.2) is 14.2 Å². The number of hydrogen-bond acceptors (Lipinski definition) is 2. The molecule has 2 nitrogen and oxygen atoms in total. The Labute approximate surface area is 84.2 Å². The number of hydrogen-bond donors (Lipinski definition) is 0. The molecular formula is C12H13O2. The average molecular weight is 189 g/mol. The van der Waals surface area contributed by atoms with Crippen molar-refractivity contribution in [1.82, 2.24) is 0 Å². The van der Waals surface area contributed by atoms with Crippen molar-refractivity contribution >= 4 is 0 Å². The molecule has 0 amide bonds. The van der Waals surface area contributed by atoms with Crippen LogP contribution in [0.1, 0.15) is 11.1 Å². The predicted octanol–water partition coefficient (Wildman–Crippen LogP) is 2.33. The maximum atomic E-state index is 5.28. The van der Waals surface area contributed by atoms with Gasteiger partial charge in [-0.05, 0) is 17.7 Å². The van der Waals surface area contributed by atoms with Crippen LogP contribution in [0.25, 0.3) is 0 Å². The van der Waals surface area contributed by atoms with Crippen molar-refractivity contribution in [2.45, 2.75) is 6.42 Å². The van der Waals surface area contributed by atoms with Gasteiger partial charge in [-0.2, -0.15) is 0 Å². The fourth-order valence-corrected chi connectivity index (χ4v) is 1.67. The Morgan fingerprint density at radius 3 is 2.71 bits per heavy atom. The Morgan fingerprint density at radius 1 is 1.14 bits per heavy atom. The van der Waals surface area contributed by atoms with Gasteiger partial charge in [0.1, 0.15) is 5.75 Å². The van der Waals surface area contributed by atoms with Gasteiger partial charge in [0.15, 0.2) is 0 Å². The highest BCUT2D eigenvalue weighted by Gasteiger charge is 2.14. The minimum Gasteiger partial charge on any atom is -0.501 e. The lowest BCUT2D eigenvalue weighted by molar-refractivity contribution is 0.281. The summed E-state index contributed by atoms with van der Waals surface area (Å²) in [6.07, 6.45) is 4.88. The molecule has 1 aromatic carbocycles. The summed E-state index contributed by atoms with van der Waals surface area (Å²) in [6.45, 7) is 0. The van der Waals surface area contributed by atoms with Crippen LogP contribution < -0.4 is 4.74 Å². The molecule has 0 heterocycles. The summed E-state index contributed by atoms with van der Waals surface area (Å²) in [7, 11) is 3.39. The molecule has 0 saturated carbocycles. The molecule has 2 rings (SSSR count). The van der Waals surface area contributed by atoms with Crippen LogP contribution in [-0.2, 0) is 11.2 Å². The molecule has 1 aromatic rings. The number of fused-ring (bicyclic) bond motifs is 1. The van der Waals surface area contributed by atoms with Gasteiger partial charge in [0.2, 0.25) is 0 Å². The van der Waals surface area contributed by atoms with E-state index in [1.165, 1.54) is 5.56 Å². The van der Waals surface area contributed by atoms with Gasteiger partial charge in [0, 0.05) is 18.4 Å². The second kappa shape index (κ2) is 3.74. The number of ether oxygens (including phenoxy) is 2. The lowest BCUT2D eigenvalue weighted by Gasteiger charge is -2.18. The number of rotatable bonds is 2. The smallest absolute Gasteiger partial charge is 0.122 e. The van der Waals surface area contributed by atoms with E-state index in [1.54, 1.807) is 14.2 Å². The van der Waals surface area contributed by atoms with E-state index in [-0.39, 0.29) is 0 Å². The Hall–Kier alpha value is -1.44. The van der Waals surface area contributed by atoms with Crippen molar-refractivity contribution in [1.29, 1.82) is 0 Å². The lowest BCUT2D eigenvalue weighted by Crippen LogP contribution is -2.04. The fraction of sp³-hybridized carbons (Fsp3) is 0.250. The number of methoxy groups -OCH3 is 2. The molecule has 1 radical (unpaired) electrons. The highest BCUT2D eigenvalue weighted by atomic mass is 16.5. The summed E-state index contributed by atoms with van der Waals surface area (Å²) in [4.78, 5) is 0. The molecule has 0 atom stereocenters. The maximum Gasteiger partial charge on any atom is 0.122 e. The molecule has 2 heteroatoms. The monoisotopic (exact) mass is 189 g/mol. The molecule has 1 aliphatic carbocycles. The first kappa shape index (κ1) is 9.13. The third kappa shape index (κ3) is 1.48. The van der Waals surface area contributed by atoms with E-state index in [1.807, 2.05) is 24.6 Å². The molecule has 0 bridgehead atoms. The zero-order valence-electron chi connectivity index (χ0n) is 8.41. The summed E-state index contributed by atoms with van der Waals surface area (Å²) in [6, 6.07) is 6.07. The third-order valence-corrected chi connectivity index (χ3v) is 2.44. The van der Waals surface area contributed by atoms with Crippen LogP contribution in [0.3, 0.4) is 0 Å². The van der Waals surface area contributed by atoms with Gasteiger partial charge in [-0.1, -0.05) is 12.1 Å². The topological polar surface area (TPSA) is 18.5 Å². The van der Waals surface area contributed by atoms with Crippen LogP contribution in [0.15, 0.2) is 30.0 Å². The molecule has 0 aromatic heterocycles. The van der Waals surface area contributed by atoms with Gasteiger partial charge >= 0.3 is 0 Å². The van der Waals surface area contributed by atoms with E-state index in [2.05, 4.69) is 6.07 Å². The first-order valence-corrected chi connectivity index (χ1v) is 4.59. The summed E-state index contributed by atoms with van der Waals surface area (Å²) >= 11 is 0. The minimum absolute atomic E-state index is 0.847. The van der Waals surface area contributed by atoms with Gasteiger partial charge in [-0.3, -0.25) is 0 Å². The molecular weight excluding hydrogens is 176 g/mol. The van der Waals surface area contributed by atoms with E-state index in [0.29, 0.717) is 0 Å². The zero-order valence-corrected chi connectivity index (χ0v) is 8.41. The summed E-state index contributed by atoms with van der Waals surface area (Å²) < 4.78 is 10.5. The largest absolute Gasteiger partial charge is 0.501 e. The van der Waals surface area contributed by atoms with E-state index in [4.69, 9.17) is 9.47 Å². The van der Waals surface area contributed by atoms with E-state index in [9.17, 15) is 0 Å². The van der Waals surface area contributed by atoms with Crippen molar-refractivity contribution in [3.63, 3.8) is 0 Å². The Balaban J connectivity index is 2.36. The minimum atomic E-state index is 0.847. The Kier molecular flexibility index (Phi) is 2.44. The van der Waals surface area contributed by atoms with Crippen molar-refractivity contribution in [3.8, 4) is 5.75 Å². The average Bonchev–Trinajstić information content (AvgIpc) is 2.27. The van der Waals surface area contributed by atoms with E-state index < -0.39 is 0 Å². The highest BCUT2D eigenvalue weighted by Crippen LogP contribution is 2.30. The van der Waals surface area contributed by atoms with E-state index >= 15 is 0 Å². The second-order valence-electron chi connectivity index (χ2n) is 3.21. The molecule has 0 spiro atoms. The molecule has 73 valence electrons. The van der Waals surface area contributed by atoms with Crippen LogP contribution in [0, 0.1) is 6.42 Å². The first-order chi connectivity index (χ1) is 6.85. The summed E-state index contributed by atoms with van der Waals surface area (Å²) in [5.74, 6) is 1.92. The van der Waals surface area contributed by atoms with Gasteiger partial charge in [-0.25, -0.2) is 0 Å². The van der Waals surface area contributed by atoms with Crippen LogP contribution in [0.5, 0.6) is 5.75 Å². The Bertz CT molecular complexity index is 367. The SMILES string of the molecule is COC1=C[CH]c2c(cccc2OC)C1. The zero-order chi connectivity index (χ0) is 9.97. The van der Waals surface area contributed by atoms with Gasteiger partial charge in [-0.15, -0.1) is 0 Å². The first-order valence-electron chi connectivity index (χ1n) is 4.59. The van der Waals surface area contributed by atoms with E-state index in [0.717, 1.165) is 23.5 Å². The predicted molar refractivity (Wildman–Crippen MR) is 55.2 cm³/mol. The van der Waals surface area contributed by atoms with Crippen LogP contribution >= 0.6 is 0 Å². The highest BCUT2D eigenvalue weighted by molar-refractivity contribution is 5.51. The van der Waals surface area contributed by atoms with Crippen molar-refractivity contribution in [2.24, 2.45) is 0 Å². The number of benzene rings is 1. The quantitative estimate of drug-likeness (QED) is 0.711. The van der Waals surface area contributed by atoms with Gasteiger partial charge in [0.25, 0.3) is 0 Å². The van der Waals surface area contributed by atoms with Gasteiger partial charge in [0.05, 0.1) is 20.0 Å². The summed E-state index contributed by atoms with van der Waals surface area (Å²) in [5, 5.41) is 0. The second-order valence-corrected chi connectivity index (χ2v) is 3.21. The molecule has 14 heavy (non-hydrogen) atoms. The molecule has 0 N–H and O–H groups in total. The number of allylic oxidation sites excluding steroid dienone is 2. The van der Waals surface area contributed by atoms with Crippen molar-refractivity contribution < 1.29 is 9.47 Å². The maximum absolute atomic E-state index is 5.28. The lowest BCUT2D eigenvalue weighted by atomic mass is 9.95. The van der Waals surface area contributed by atoms with Gasteiger partial charge < -0.3 is 9.47 Å². The normalized spacial score (nSPS) is 14.3. The van der Waals surface area contributed by atoms with Crippen LogP contribution in [0.2, 0.25) is 0 Å². The molecule has 0 aliphatic heterocycles. The third-order valence-electron chi connectivity index (χ3n) is 2.44.